The summed E-state index contributed by atoms with van der Waals surface area (Å²) < 4.78 is 67.6. The molecule has 4 aromatic carbocycles. The Morgan fingerprint density at radius 3 is 1.14 bits per heavy atom. The quantitative estimate of drug-likeness (QED) is 0.165. The van der Waals surface area contributed by atoms with Crippen LogP contribution in [0.1, 0.15) is 22.3 Å². The van der Waals surface area contributed by atoms with Crippen LogP contribution in [0.25, 0.3) is 11.1 Å². The van der Waals surface area contributed by atoms with Crippen LogP contribution in [-0.4, -0.2) is 25.9 Å². The van der Waals surface area contributed by atoms with Gasteiger partial charge in [0.25, 0.3) is 20.2 Å². The molecule has 0 saturated carbocycles. The molecule has 8 nitrogen and oxygen atoms in total. The highest BCUT2D eigenvalue weighted by Gasteiger charge is 2.22. The predicted molar refractivity (Wildman–Crippen MR) is 139 cm³/mol. The molecule has 0 aromatic heterocycles. The first-order valence-electron chi connectivity index (χ1n) is 10.6. The van der Waals surface area contributed by atoms with Gasteiger partial charge in [0.05, 0.1) is 11.4 Å². The van der Waals surface area contributed by atoms with Gasteiger partial charge in [-0.25, -0.2) is 0 Å². The Labute approximate surface area is 209 Å². The van der Waals surface area contributed by atoms with E-state index in [2.05, 4.69) is 0 Å². The molecular weight excluding hydrogens is 500 g/mol. The topological polar surface area (TPSA) is 161 Å². The molecule has 0 aliphatic carbocycles. The minimum Gasteiger partial charge on any atom is -0.398 e. The van der Waals surface area contributed by atoms with Gasteiger partial charge in [-0.1, -0.05) is 72.8 Å². The Morgan fingerprint density at radius 1 is 0.500 bits per heavy atom. The molecule has 0 spiro atoms. The van der Waals surface area contributed by atoms with E-state index in [0.29, 0.717) is 33.4 Å². The van der Waals surface area contributed by atoms with E-state index >= 15 is 0 Å². The third-order valence-electron chi connectivity index (χ3n) is 5.54. The number of benzene rings is 4. The first kappa shape index (κ1) is 25.1. The molecule has 184 valence electrons. The van der Waals surface area contributed by atoms with Crippen molar-refractivity contribution in [2.24, 2.45) is 0 Å². The number of anilines is 2. The van der Waals surface area contributed by atoms with Crippen LogP contribution < -0.4 is 11.5 Å². The van der Waals surface area contributed by atoms with Crippen molar-refractivity contribution < 1.29 is 25.9 Å². The molecule has 4 rings (SSSR count). The maximum Gasteiger partial charge on any atom is 0.296 e. The molecule has 10 heteroatoms. The van der Waals surface area contributed by atoms with E-state index in [1.54, 1.807) is 36.4 Å². The summed E-state index contributed by atoms with van der Waals surface area (Å²) >= 11 is 0. The molecule has 0 aliphatic rings. The van der Waals surface area contributed by atoms with Crippen LogP contribution in [0.2, 0.25) is 0 Å². The molecule has 0 saturated heterocycles. The monoisotopic (exact) mass is 522 g/mol. The van der Waals surface area contributed by atoms with Crippen LogP contribution in [0.4, 0.5) is 11.4 Å². The zero-order chi connectivity index (χ0) is 26.1. The minimum atomic E-state index is -4.63. The van der Waals surface area contributed by atoms with Gasteiger partial charge in [0.15, 0.2) is 0 Å². The zero-order valence-electron chi connectivity index (χ0n) is 18.7. The number of nitrogen functional groups attached to an aromatic ring is 2. The van der Waals surface area contributed by atoms with Crippen LogP contribution in [0, 0.1) is 0 Å². The molecule has 0 bridgehead atoms. The highest BCUT2D eigenvalue weighted by atomic mass is 32.2. The van der Waals surface area contributed by atoms with Crippen LogP contribution >= 0.6 is 0 Å². The van der Waals surface area contributed by atoms with E-state index < -0.39 is 30.0 Å². The maximum atomic E-state index is 12.0. The van der Waals surface area contributed by atoms with Crippen molar-refractivity contribution in [1.82, 2.24) is 0 Å². The van der Waals surface area contributed by atoms with Gasteiger partial charge < -0.3 is 11.5 Å². The molecule has 0 amide bonds. The van der Waals surface area contributed by atoms with Gasteiger partial charge in [0.2, 0.25) is 0 Å². The average Bonchev–Trinajstić information content (AvgIpc) is 2.83. The van der Waals surface area contributed by atoms with Gasteiger partial charge in [-0.3, -0.25) is 9.11 Å². The Hall–Kier alpha value is -3.96. The normalized spacial score (nSPS) is 12.7. The minimum absolute atomic E-state index is 0.129. The first-order valence-corrected chi connectivity index (χ1v) is 13.4. The molecule has 0 fully saturated rings. The summed E-state index contributed by atoms with van der Waals surface area (Å²) in [5.74, 6) is 0. The highest BCUT2D eigenvalue weighted by molar-refractivity contribution is 7.86. The van der Waals surface area contributed by atoms with Crippen molar-refractivity contribution in [1.29, 1.82) is 0 Å². The molecule has 0 unspecified atom stereocenters. The molecule has 0 atom stereocenters. The number of hydrogen-bond acceptors (Lipinski definition) is 6. The van der Waals surface area contributed by atoms with Gasteiger partial charge in [-0.2, -0.15) is 16.8 Å². The van der Waals surface area contributed by atoms with E-state index in [9.17, 15) is 25.9 Å². The van der Waals surface area contributed by atoms with E-state index in [4.69, 9.17) is 11.5 Å². The summed E-state index contributed by atoms with van der Waals surface area (Å²) in [6.45, 7) is 0. The number of hydrogen-bond donors (Lipinski definition) is 4. The zero-order valence-corrected chi connectivity index (χ0v) is 20.4. The lowest BCUT2D eigenvalue weighted by Crippen LogP contribution is -2.06. The summed E-state index contributed by atoms with van der Waals surface area (Å²) in [4.78, 5) is -0.923. The summed E-state index contributed by atoms with van der Waals surface area (Å²) in [6.07, 6.45) is 0. The van der Waals surface area contributed by atoms with Crippen LogP contribution in [0.3, 0.4) is 0 Å². The largest absolute Gasteiger partial charge is 0.398 e. The Morgan fingerprint density at radius 2 is 0.833 bits per heavy atom. The van der Waals surface area contributed by atoms with Crippen molar-refractivity contribution >= 4 is 42.8 Å². The second-order valence-corrected chi connectivity index (χ2v) is 10.7. The lowest BCUT2D eigenvalue weighted by atomic mass is 9.85. The lowest BCUT2D eigenvalue weighted by Gasteiger charge is -2.19. The predicted octanol–water partition coefficient (Wildman–Crippen LogP) is 4.35. The third kappa shape index (κ3) is 5.16. The lowest BCUT2D eigenvalue weighted by molar-refractivity contribution is 0.481. The van der Waals surface area contributed by atoms with Gasteiger partial charge in [-0.05, 0) is 57.7 Å². The van der Waals surface area contributed by atoms with Crippen molar-refractivity contribution in [2.45, 2.75) is 9.79 Å². The molecule has 36 heavy (non-hydrogen) atoms. The van der Waals surface area contributed by atoms with Gasteiger partial charge >= 0.3 is 0 Å². The molecule has 0 heterocycles. The van der Waals surface area contributed by atoms with Crippen molar-refractivity contribution in [3.05, 3.63) is 119 Å². The number of rotatable bonds is 6. The van der Waals surface area contributed by atoms with Crippen molar-refractivity contribution in [2.75, 3.05) is 11.5 Å². The SMILES string of the molecule is Nc1ccc(C(=C(c2ccccc2)c2ccc(N)c(S(=O)(=O)O)c2)c2ccccc2)cc1S(=O)(=O)O. The van der Waals surface area contributed by atoms with Crippen LogP contribution in [-0.2, 0) is 20.2 Å². The molecular formula is C26H22N2O6S2. The van der Waals surface area contributed by atoms with Crippen LogP contribution in [0.5, 0.6) is 0 Å². The van der Waals surface area contributed by atoms with Gasteiger partial charge in [0, 0.05) is 0 Å². The fourth-order valence-corrected chi connectivity index (χ4v) is 5.23. The van der Waals surface area contributed by atoms with E-state index in [1.807, 2.05) is 36.4 Å². The van der Waals surface area contributed by atoms with E-state index in [-0.39, 0.29) is 11.4 Å². The molecule has 6 N–H and O–H groups in total. The summed E-state index contributed by atoms with van der Waals surface area (Å²) in [5.41, 5.74) is 14.6. The first-order chi connectivity index (χ1) is 17.0. The average molecular weight is 523 g/mol. The summed E-state index contributed by atoms with van der Waals surface area (Å²) in [7, 11) is -9.27. The maximum absolute atomic E-state index is 12.0. The smallest absolute Gasteiger partial charge is 0.296 e. The summed E-state index contributed by atoms with van der Waals surface area (Å²) in [5, 5.41) is 0. The standard InChI is InChI=1S/C26H22N2O6S2/c27-21-13-11-19(15-23(21)35(29,30)31)25(17-7-3-1-4-8-17)26(18-9-5-2-6-10-18)20-12-14-22(28)24(16-20)36(32,33)34/h1-16H,27-28H2,(H,29,30,31)(H,32,33,34). The number of nitrogens with two attached hydrogens (primary N) is 2. The van der Waals surface area contributed by atoms with Crippen molar-refractivity contribution in [3.63, 3.8) is 0 Å². The Kier molecular flexibility index (Phi) is 6.70. The third-order valence-corrected chi connectivity index (χ3v) is 7.35. The molecule has 0 radical (unpaired) electrons. The van der Waals surface area contributed by atoms with Crippen molar-refractivity contribution in [3.8, 4) is 0 Å². The fourth-order valence-electron chi connectivity index (χ4n) is 3.95. The van der Waals surface area contributed by atoms with Crippen LogP contribution in [0.15, 0.2) is 107 Å². The second-order valence-electron chi connectivity index (χ2n) is 7.94. The molecule has 4 aromatic rings. The molecule has 0 aliphatic heterocycles. The van der Waals surface area contributed by atoms with E-state index in [0.717, 1.165) is 0 Å². The van der Waals surface area contributed by atoms with Gasteiger partial charge in [-0.15, -0.1) is 0 Å². The summed E-state index contributed by atoms with van der Waals surface area (Å²) in [6, 6.07) is 26.5. The Bertz CT molecular complexity index is 1560. The van der Waals surface area contributed by atoms with Gasteiger partial charge in [0.1, 0.15) is 9.79 Å². The highest BCUT2D eigenvalue weighted by Crippen LogP contribution is 2.39. The Balaban J connectivity index is 2.19. The fraction of sp³-hybridized carbons (Fsp3) is 0. The van der Waals surface area contributed by atoms with E-state index in [1.165, 1.54) is 24.3 Å². The second kappa shape index (κ2) is 9.59.